The third kappa shape index (κ3) is 1.95. The lowest BCUT2D eigenvalue weighted by molar-refractivity contribution is -0.113. The summed E-state index contributed by atoms with van der Waals surface area (Å²) in [5.41, 5.74) is 2.69. The Morgan fingerprint density at radius 2 is 2.00 bits per heavy atom. The zero-order valence-electron chi connectivity index (χ0n) is 9.31. The van der Waals surface area contributed by atoms with Crippen molar-refractivity contribution in [1.29, 1.82) is 0 Å². The zero-order chi connectivity index (χ0) is 10.8. The highest BCUT2D eigenvalue weighted by Crippen LogP contribution is 2.23. The fourth-order valence-electron chi connectivity index (χ4n) is 2.26. The first-order valence-corrected chi connectivity index (χ1v) is 5.50. The van der Waals surface area contributed by atoms with Crippen LogP contribution >= 0.6 is 0 Å². The van der Waals surface area contributed by atoms with E-state index in [0.717, 1.165) is 19.3 Å². The van der Waals surface area contributed by atoms with Gasteiger partial charge in [-0.15, -0.1) is 0 Å². The lowest BCUT2D eigenvalue weighted by Gasteiger charge is -2.36. The van der Waals surface area contributed by atoms with Crippen LogP contribution in [0.2, 0.25) is 0 Å². The number of rotatable bonds is 2. The molecule has 1 unspecified atom stereocenters. The second-order valence-electron chi connectivity index (χ2n) is 4.44. The smallest absolute Gasteiger partial charge is 0.137 e. The Morgan fingerprint density at radius 1 is 1.33 bits per heavy atom. The molecule has 1 aromatic rings. The summed E-state index contributed by atoms with van der Waals surface area (Å²) in [7, 11) is 0. The molecule has 1 atom stereocenters. The van der Waals surface area contributed by atoms with Crippen molar-refractivity contribution in [3.63, 3.8) is 0 Å². The Bertz CT molecular complexity index is 359. The van der Waals surface area contributed by atoms with E-state index >= 15 is 0 Å². The summed E-state index contributed by atoms with van der Waals surface area (Å²) in [6, 6.07) is 8.88. The molecule has 0 aliphatic carbocycles. The zero-order valence-corrected chi connectivity index (χ0v) is 9.31. The monoisotopic (exact) mass is 203 g/mol. The van der Waals surface area contributed by atoms with E-state index in [-0.39, 0.29) is 6.04 Å². The molecular formula is C13H17NO. The molecule has 15 heavy (non-hydrogen) atoms. The van der Waals surface area contributed by atoms with Crippen molar-refractivity contribution >= 4 is 6.29 Å². The average Bonchev–Trinajstić information content (AvgIpc) is 2.27. The molecule has 2 rings (SSSR count). The van der Waals surface area contributed by atoms with Gasteiger partial charge in [0.1, 0.15) is 6.29 Å². The van der Waals surface area contributed by atoms with Crippen molar-refractivity contribution in [1.82, 2.24) is 4.90 Å². The van der Waals surface area contributed by atoms with Crippen molar-refractivity contribution < 1.29 is 4.79 Å². The highest BCUT2D eigenvalue weighted by molar-refractivity contribution is 5.59. The molecule has 0 spiro atoms. The van der Waals surface area contributed by atoms with E-state index < -0.39 is 0 Å². The minimum absolute atomic E-state index is 0.0555. The summed E-state index contributed by atoms with van der Waals surface area (Å²) < 4.78 is 0. The number of aldehydes is 1. The first-order chi connectivity index (χ1) is 7.22. The fraction of sp³-hybridized carbons (Fsp3) is 0.462. The molecular weight excluding hydrogens is 186 g/mol. The summed E-state index contributed by atoms with van der Waals surface area (Å²) in [6.07, 6.45) is 1.94. The van der Waals surface area contributed by atoms with Gasteiger partial charge in [-0.3, -0.25) is 4.90 Å². The maximum absolute atomic E-state index is 11.0. The van der Waals surface area contributed by atoms with Crippen LogP contribution in [0.1, 0.15) is 25.0 Å². The van der Waals surface area contributed by atoms with Gasteiger partial charge >= 0.3 is 0 Å². The van der Waals surface area contributed by atoms with Crippen LogP contribution in [0.3, 0.4) is 0 Å². The Morgan fingerprint density at radius 3 is 2.60 bits per heavy atom. The number of hydrogen-bond acceptors (Lipinski definition) is 2. The predicted molar refractivity (Wildman–Crippen MR) is 60.7 cm³/mol. The quantitative estimate of drug-likeness (QED) is 0.685. The van der Waals surface area contributed by atoms with Gasteiger partial charge in [0, 0.05) is 12.6 Å². The maximum atomic E-state index is 11.0. The maximum Gasteiger partial charge on any atom is 0.137 e. The lowest BCUT2D eigenvalue weighted by Crippen LogP contribution is -2.45. The number of benzene rings is 1. The van der Waals surface area contributed by atoms with Gasteiger partial charge in [-0.1, -0.05) is 24.3 Å². The molecule has 0 fully saturated rings. The van der Waals surface area contributed by atoms with Gasteiger partial charge in [-0.2, -0.15) is 0 Å². The Kier molecular flexibility index (Phi) is 2.87. The van der Waals surface area contributed by atoms with Gasteiger partial charge in [0.05, 0.1) is 6.04 Å². The first-order valence-electron chi connectivity index (χ1n) is 5.50. The summed E-state index contributed by atoms with van der Waals surface area (Å²) in [5, 5.41) is 0. The van der Waals surface area contributed by atoms with E-state index in [1.807, 2.05) is 6.07 Å². The number of nitrogens with zero attached hydrogens (tertiary/aromatic N) is 1. The van der Waals surface area contributed by atoms with Crippen LogP contribution in [-0.2, 0) is 17.8 Å². The normalized spacial score (nSPS) is 21.4. The van der Waals surface area contributed by atoms with Gasteiger partial charge in [0.25, 0.3) is 0 Å². The minimum Gasteiger partial charge on any atom is -0.302 e. The van der Waals surface area contributed by atoms with Crippen molar-refractivity contribution in [2.24, 2.45) is 0 Å². The number of carbonyl (C=O) groups excluding carboxylic acids is 1. The molecule has 0 saturated heterocycles. The average molecular weight is 203 g/mol. The lowest BCUT2D eigenvalue weighted by atomic mass is 9.94. The Hall–Kier alpha value is -1.15. The number of fused-ring (bicyclic) bond motifs is 1. The van der Waals surface area contributed by atoms with E-state index in [9.17, 15) is 4.79 Å². The summed E-state index contributed by atoms with van der Waals surface area (Å²) in [6.45, 7) is 5.19. The fourth-order valence-corrected chi connectivity index (χ4v) is 2.26. The van der Waals surface area contributed by atoms with Crippen LogP contribution in [0, 0.1) is 0 Å². The molecule has 2 nitrogen and oxygen atoms in total. The molecule has 0 radical (unpaired) electrons. The molecule has 0 bridgehead atoms. The molecule has 1 heterocycles. The highest BCUT2D eigenvalue weighted by atomic mass is 16.1. The molecule has 0 amide bonds. The largest absolute Gasteiger partial charge is 0.302 e. The van der Waals surface area contributed by atoms with E-state index in [2.05, 4.69) is 36.9 Å². The van der Waals surface area contributed by atoms with Crippen LogP contribution in [-0.4, -0.2) is 23.3 Å². The van der Waals surface area contributed by atoms with Gasteiger partial charge in [-0.25, -0.2) is 0 Å². The van der Waals surface area contributed by atoms with Crippen molar-refractivity contribution in [3.05, 3.63) is 35.4 Å². The minimum atomic E-state index is 0.0555. The Labute approximate surface area is 90.9 Å². The topological polar surface area (TPSA) is 20.3 Å². The third-order valence-electron chi connectivity index (χ3n) is 3.15. The molecule has 1 aliphatic heterocycles. The van der Waals surface area contributed by atoms with Crippen LogP contribution < -0.4 is 0 Å². The van der Waals surface area contributed by atoms with Gasteiger partial charge in [-0.05, 0) is 31.4 Å². The second kappa shape index (κ2) is 4.15. The van der Waals surface area contributed by atoms with Crippen molar-refractivity contribution in [3.8, 4) is 0 Å². The Balaban J connectivity index is 2.30. The SMILES string of the molecule is CC(C)N1Cc2ccccc2CC1C=O. The van der Waals surface area contributed by atoms with Gasteiger partial charge < -0.3 is 4.79 Å². The van der Waals surface area contributed by atoms with E-state index in [1.54, 1.807) is 0 Å². The van der Waals surface area contributed by atoms with E-state index in [1.165, 1.54) is 11.1 Å². The molecule has 0 N–H and O–H groups in total. The van der Waals surface area contributed by atoms with E-state index in [0.29, 0.717) is 6.04 Å². The number of carbonyl (C=O) groups is 1. The molecule has 0 saturated carbocycles. The van der Waals surface area contributed by atoms with Crippen molar-refractivity contribution in [2.75, 3.05) is 0 Å². The van der Waals surface area contributed by atoms with Crippen molar-refractivity contribution in [2.45, 2.75) is 38.9 Å². The van der Waals surface area contributed by atoms with Crippen LogP contribution in [0.25, 0.3) is 0 Å². The first kappa shape index (κ1) is 10.4. The molecule has 2 heteroatoms. The summed E-state index contributed by atoms with van der Waals surface area (Å²) in [5.74, 6) is 0. The molecule has 0 aromatic heterocycles. The summed E-state index contributed by atoms with van der Waals surface area (Å²) in [4.78, 5) is 13.3. The molecule has 1 aromatic carbocycles. The van der Waals surface area contributed by atoms with Crippen LogP contribution in [0.5, 0.6) is 0 Å². The van der Waals surface area contributed by atoms with Gasteiger partial charge in [0.15, 0.2) is 0 Å². The second-order valence-corrected chi connectivity index (χ2v) is 4.44. The summed E-state index contributed by atoms with van der Waals surface area (Å²) >= 11 is 0. The van der Waals surface area contributed by atoms with E-state index in [4.69, 9.17) is 0 Å². The van der Waals surface area contributed by atoms with Gasteiger partial charge in [0.2, 0.25) is 0 Å². The standard InChI is InChI=1S/C13H17NO/c1-10(2)14-8-12-6-4-3-5-11(12)7-13(14)9-15/h3-6,9-10,13H,7-8H2,1-2H3. The molecule has 1 aliphatic rings. The number of hydrogen-bond donors (Lipinski definition) is 0. The molecule has 80 valence electrons. The van der Waals surface area contributed by atoms with Crippen LogP contribution in [0.15, 0.2) is 24.3 Å². The highest BCUT2D eigenvalue weighted by Gasteiger charge is 2.26. The van der Waals surface area contributed by atoms with Crippen LogP contribution in [0.4, 0.5) is 0 Å². The predicted octanol–water partition coefficient (Wildman–Crippen LogP) is 2.02. The third-order valence-corrected chi connectivity index (χ3v) is 3.15.